The maximum absolute atomic E-state index is 6.46. The van der Waals surface area contributed by atoms with E-state index in [9.17, 15) is 0 Å². The van der Waals surface area contributed by atoms with Crippen LogP contribution in [0.3, 0.4) is 0 Å². The number of piperidine rings is 1. The molecule has 2 aliphatic rings. The molecule has 3 atom stereocenters. The van der Waals surface area contributed by atoms with Crippen molar-refractivity contribution in [3.05, 3.63) is 58.9 Å². The molecule has 4 rings (SSSR count). The number of nitrogens with two attached hydrogens (primary N) is 1. The lowest BCUT2D eigenvalue weighted by Gasteiger charge is -2.43. The van der Waals surface area contributed by atoms with Gasteiger partial charge in [0.05, 0.1) is 6.04 Å². The van der Waals surface area contributed by atoms with Gasteiger partial charge in [-0.15, -0.1) is 0 Å². The van der Waals surface area contributed by atoms with E-state index >= 15 is 0 Å². The van der Waals surface area contributed by atoms with Crippen molar-refractivity contribution in [2.24, 2.45) is 5.73 Å². The molecule has 2 N–H and O–H groups in total. The predicted octanol–water partition coefficient (Wildman–Crippen LogP) is 3.59. The van der Waals surface area contributed by atoms with Crippen molar-refractivity contribution in [3.8, 4) is 5.75 Å². The van der Waals surface area contributed by atoms with Crippen molar-refractivity contribution in [2.75, 3.05) is 13.1 Å². The van der Waals surface area contributed by atoms with Crippen LogP contribution in [0.25, 0.3) is 0 Å². The summed E-state index contributed by atoms with van der Waals surface area (Å²) in [4.78, 5) is 6.58. The Bertz CT molecular complexity index is 738. The molecule has 1 aliphatic heterocycles. The number of benzene rings is 1. The quantitative estimate of drug-likeness (QED) is 0.853. The van der Waals surface area contributed by atoms with Gasteiger partial charge in [0, 0.05) is 24.8 Å². The van der Waals surface area contributed by atoms with Crippen LogP contribution in [-0.4, -0.2) is 35.1 Å². The molecule has 0 saturated carbocycles. The smallest absolute Gasteiger partial charge is 0.139 e. The highest BCUT2D eigenvalue weighted by atomic mass is 35.5. The first-order valence-electron chi connectivity index (χ1n) is 9.06. The molecule has 0 bridgehead atoms. The van der Waals surface area contributed by atoms with Gasteiger partial charge in [-0.3, -0.25) is 4.90 Å². The summed E-state index contributed by atoms with van der Waals surface area (Å²) in [5, 5.41) is 0.457. The Balaban J connectivity index is 1.65. The Morgan fingerprint density at radius 3 is 2.92 bits per heavy atom. The second-order valence-electron chi connectivity index (χ2n) is 7.05. The van der Waals surface area contributed by atoms with E-state index in [4.69, 9.17) is 22.1 Å². The minimum Gasteiger partial charge on any atom is -0.484 e. The molecule has 0 amide bonds. The Kier molecular flexibility index (Phi) is 4.93. The Hall–Kier alpha value is -1.62. The van der Waals surface area contributed by atoms with Crippen LogP contribution in [0.15, 0.2) is 42.6 Å². The molecule has 4 nitrogen and oxygen atoms in total. The summed E-state index contributed by atoms with van der Waals surface area (Å²) >= 11 is 6.05. The highest BCUT2D eigenvalue weighted by Gasteiger charge is 2.36. The minimum atomic E-state index is -0.00582. The molecule has 1 aromatic heterocycles. The average Bonchev–Trinajstić information content (AvgIpc) is 2.62. The maximum atomic E-state index is 6.46. The number of aromatic nitrogens is 1. The molecule has 1 fully saturated rings. The number of nitrogens with zero attached hydrogens (tertiary/aromatic N) is 2. The summed E-state index contributed by atoms with van der Waals surface area (Å²) in [6.07, 6.45) is 6.14. The van der Waals surface area contributed by atoms with Crippen molar-refractivity contribution in [2.45, 2.75) is 43.9 Å². The number of likely N-dealkylation sites (tertiary alicyclic amines) is 1. The third-order valence-electron chi connectivity index (χ3n) is 5.34. The highest BCUT2D eigenvalue weighted by molar-refractivity contribution is 6.29. The van der Waals surface area contributed by atoms with E-state index < -0.39 is 0 Å². The number of rotatable bonds is 3. The van der Waals surface area contributed by atoms with Gasteiger partial charge >= 0.3 is 0 Å². The van der Waals surface area contributed by atoms with Gasteiger partial charge in [-0.2, -0.15) is 0 Å². The van der Waals surface area contributed by atoms with Crippen molar-refractivity contribution in [3.63, 3.8) is 0 Å². The van der Waals surface area contributed by atoms with E-state index in [0.29, 0.717) is 11.2 Å². The average molecular weight is 358 g/mol. The molecule has 132 valence electrons. The van der Waals surface area contributed by atoms with Gasteiger partial charge in [0.2, 0.25) is 0 Å². The maximum Gasteiger partial charge on any atom is 0.139 e. The summed E-state index contributed by atoms with van der Waals surface area (Å²) in [7, 11) is 0. The van der Waals surface area contributed by atoms with Crippen LogP contribution in [0, 0.1) is 0 Å². The lowest BCUT2D eigenvalue weighted by molar-refractivity contribution is 0.0367. The van der Waals surface area contributed by atoms with Crippen LogP contribution in [0.4, 0.5) is 0 Å². The van der Waals surface area contributed by atoms with Gasteiger partial charge in [0.15, 0.2) is 0 Å². The number of aryl methyl sites for hydroxylation is 1. The van der Waals surface area contributed by atoms with Crippen molar-refractivity contribution in [1.29, 1.82) is 0 Å². The Labute approximate surface area is 153 Å². The zero-order valence-electron chi connectivity index (χ0n) is 14.3. The second kappa shape index (κ2) is 7.32. The van der Waals surface area contributed by atoms with Gasteiger partial charge in [0.25, 0.3) is 0 Å². The third-order valence-corrected chi connectivity index (χ3v) is 5.55. The fourth-order valence-electron chi connectivity index (χ4n) is 4.16. The summed E-state index contributed by atoms with van der Waals surface area (Å²) in [5.41, 5.74) is 8.90. The first-order chi connectivity index (χ1) is 12.2. The monoisotopic (exact) mass is 357 g/mol. The van der Waals surface area contributed by atoms with E-state index in [1.54, 1.807) is 12.3 Å². The minimum absolute atomic E-state index is 0.00582. The number of hydrogen-bond acceptors (Lipinski definition) is 4. The lowest BCUT2D eigenvalue weighted by Crippen LogP contribution is -2.51. The van der Waals surface area contributed by atoms with Crippen LogP contribution in [-0.2, 0) is 6.42 Å². The fourth-order valence-corrected chi connectivity index (χ4v) is 4.33. The molecular formula is C20H24ClN3O. The molecular weight excluding hydrogens is 334 g/mol. The van der Waals surface area contributed by atoms with Crippen LogP contribution < -0.4 is 10.5 Å². The van der Waals surface area contributed by atoms with Gasteiger partial charge in [-0.25, -0.2) is 4.98 Å². The Morgan fingerprint density at radius 1 is 1.20 bits per heavy atom. The predicted molar refractivity (Wildman–Crippen MR) is 99.9 cm³/mol. The molecule has 1 saturated heterocycles. The molecule has 0 unspecified atom stereocenters. The van der Waals surface area contributed by atoms with Crippen LogP contribution in [0.1, 0.15) is 36.5 Å². The zero-order chi connectivity index (χ0) is 17.2. The zero-order valence-corrected chi connectivity index (χ0v) is 15.0. The highest BCUT2D eigenvalue weighted by Crippen LogP contribution is 2.37. The van der Waals surface area contributed by atoms with E-state index in [-0.39, 0.29) is 12.1 Å². The molecule has 1 aliphatic carbocycles. The first-order valence-corrected chi connectivity index (χ1v) is 9.44. The summed E-state index contributed by atoms with van der Waals surface area (Å²) in [6, 6.07) is 12.9. The topological polar surface area (TPSA) is 51.4 Å². The van der Waals surface area contributed by atoms with Gasteiger partial charge < -0.3 is 10.5 Å². The van der Waals surface area contributed by atoms with Gasteiger partial charge in [-0.05, 0) is 49.4 Å². The molecule has 0 radical (unpaired) electrons. The fraction of sp³-hybridized carbons (Fsp3) is 0.450. The van der Waals surface area contributed by atoms with Gasteiger partial charge in [-0.1, -0.05) is 35.9 Å². The van der Waals surface area contributed by atoms with E-state index in [0.717, 1.165) is 44.5 Å². The van der Waals surface area contributed by atoms with E-state index in [1.165, 1.54) is 11.1 Å². The molecule has 5 heteroatoms. The van der Waals surface area contributed by atoms with Crippen LogP contribution >= 0.6 is 11.6 Å². The number of hydrogen-bond donors (Lipinski definition) is 1. The molecule has 1 aromatic carbocycles. The summed E-state index contributed by atoms with van der Waals surface area (Å²) < 4.78 is 6.46. The SMILES string of the molecule is N[C@@H]1CCCN([C@H]2CCc3ccccc3[C@@H]2Oc2ccnc(Cl)c2)C1. The van der Waals surface area contributed by atoms with E-state index in [2.05, 4.69) is 34.1 Å². The lowest BCUT2D eigenvalue weighted by atomic mass is 9.84. The van der Waals surface area contributed by atoms with Gasteiger partial charge in [0.1, 0.15) is 17.0 Å². The number of ether oxygens (including phenoxy) is 1. The summed E-state index contributed by atoms with van der Waals surface area (Å²) in [6.45, 7) is 2.04. The first kappa shape index (κ1) is 16.8. The van der Waals surface area contributed by atoms with Crippen LogP contribution in [0.5, 0.6) is 5.75 Å². The number of fused-ring (bicyclic) bond motifs is 1. The van der Waals surface area contributed by atoms with Crippen molar-refractivity contribution in [1.82, 2.24) is 9.88 Å². The number of pyridine rings is 1. The Morgan fingerprint density at radius 2 is 2.08 bits per heavy atom. The standard InChI is InChI=1S/C20H24ClN3O/c21-19-12-16(9-10-23-19)25-20-17-6-2-1-4-14(17)7-8-18(20)24-11-3-5-15(22)13-24/h1-2,4,6,9-10,12,15,18,20H,3,5,7-8,11,13,22H2/t15-,18+,20+/m1/s1. The normalized spacial score (nSPS) is 26.9. The van der Waals surface area contributed by atoms with Crippen molar-refractivity contribution < 1.29 is 4.74 Å². The summed E-state index contributed by atoms with van der Waals surface area (Å²) in [5.74, 6) is 0.771. The molecule has 25 heavy (non-hydrogen) atoms. The molecule has 2 heterocycles. The van der Waals surface area contributed by atoms with E-state index in [1.807, 2.05) is 6.07 Å². The second-order valence-corrected chi connectivity index (χ2v) is 7.44. The largest absolute Gasteiger partial charge is 0.484 e. The molecule has 2 aromatic rings. The molecule has 0 spiro atoms. The third kappa shape index (κ3) is 3.66. The van der Waals surface area contributed by atoms with Crippen LogP contribution in [0.2, 0.25) is 5.15 Å². The number of halogens is 1. The van der Waals surface area contributed by atoms with Crippen molar-refractivity contribution >= 4 is 11.6 Å².